The maximum atomic E-state index is 13.2. The molecule has 7 nitrogen and oxygen atoms in total. The van der Waals surface area contributed by atoms with E-state index in [2.05, 4.69) is 10.4 Å². The van der Waals surface area contributed by atoms with Gasteiger partial charge in [-0.2, -0.15) is 18.3 Å². The van der Waals surface area contributed by atoms with Crippen LogP contribution >= 0.6 is 0 Å². The Morgan fingerprint density at radius 1 is 1.13 bits per heavy atom. The number of hydrogen-bond donors (Lipinski definition) is 1. The van der Waals surface area contributed by atoms with Crippen LogP contribution in [0.4, 0.5) is 18.9 Å². The van der Waals surface area contributed by atoms with Gasteiger partial charge in [-0.1, -0.05) is 6.07 Å². The van der Waals surface area contributed by atoms with Gasteiger partial charge in [-0.15, -0.1) is 0 Å². The molecule has 1 aliphatic rings. The molecule has 0 saturated carbocycles. The van der Waals surface area contributed by atoms with Crippen LogP contribution in [0.25, 0.3) is 0 Å². The molecule has 10 heteroatoms. The van der Waals surface area contributed by atoms with E-state index in [9.17, 15) is 22.8 Å². The van der Waals surface area contributed by atoms with Crippen molar-refractivity contribution >= 4 is 23.2 Å². The standard InChI is InChI=1S/C20H18F3N3O4/c1-26-18(27)9-7-15(25-26)19(28)24-16-10-12(20(21,22)23)6-8-17(16)30-14-5-3-4-13(11-14)29-2/h3-6,8,10-11H,7,9H2,1-2H3,(H,24,28). The smallest absolute Gasteiger partial charge is 0.416 e. The zero-order chi connectivity index (χ0) is 21.9. The van der Waals surface area contributed by atoms with Crippen LogP contribution in [-0.2, 0) is 15.8 Å². The molecule has 0 saturated heterocycles. The maximum Gasteiger partial charge on any atom is 0.416 e. The van der Waals surface area contributed by atoms with Gasteiger partial charge < -0.3 is 14.8 Å². The molecule has 1 aliphatic heterocycles. The van der Waals surface area contributed by atoms with Crippen LogP contribution in [0.1, 0.15) is 18.4 Å². The number of nitrogens with zero attached hydrogens (tertiary/aromatic N) is 2. The molecule has 0 fully saturated rings. The summed E-state index contributed by atoms with van der Waals surface area (Å²) in [6.45, 7) is 0. The summed E-state index contributed by atoms with van der Waals surface area (Å²) in [6, 6.07) is 9.24. The second-order valence-electron chi connectivity index (χ2n) is 6.41. The molecule has 158 valence electrons. The van der Waals surface area contributed by atoms with E-state index in [-0.39, 0.29) is 35.9 Å². The Hall–Kier alpha value is -3.56. The first-order valence-corrected chi connectivity index (χ1v) is 8.86. The number of alkyl halides is 3. The highest BCUT2D eigenvalue weighted by atomic mass is 19.4. The Kier molecular flexibility index (Phi) is 5.95. The van der Waals surface area contributed by atoms with Crippen molar-refractivity contribution < 1.29 is 32.2 Å². The molecule has 0 bridgehead atoms. The van der Waals surface area contributed by atoms with Crippen molar-refractivity contribution in [2.45, 2.75) is 19.0 Å². The van der Waals surface area contributed by atoms with Gasteiger partial charge in [-0.3, -0.25) is 9.59 Å². The van der Waals surface area contributed by atoms with Gasteiger partial charge in [-0.25, -0.2) is 5.01 Å². The number of carbonyl (C=O) groups is 2. The Morgan fingerprint density at radius 2 is 1.87 bits per heavy atom. The van der Waals surface area contributed by atoms with Crippen molar-refractivity contribution in [3.63, 3.8) is 0 Å². The molecular formula is C20H18F3N3O4. The molecule has 30 heavy (non-hydrogen) atoms. The zero-order valence-electron chi connectivity index (χ0n) is 16.1. The van der Waals surface area contributed by atoms with E-state index in [1.54, 1.807) is 24.3 Å². The third-order valence-corrected chi connectivity index (χ3v) is 4.29. The van der Waals surface area contributed by atoms with Gasteiger partial charge in [0.15, 0.2) is 5.75 Å². The van der Waals surface area contributed by atoms with Gasteiger partial charge in [0.25, 0.3) is 5.91 Å². The molecule has 3 rings (SSSR count). The highest BCUT2D eigenvalue weighted by Gasteiger charge is 2.32. The third kappa shape index (κ3) is 4.88. The highest BCUT2D eigenvalue weighted by Crippen LogP contribution is 2.37. The van der Waals surface area contributed by atoms with Gasteiger partial charge in [0.2, 0.25) is 5.91 Å². The predicted octanol–water partition coefficient (Wildman–Crippen LogP) is 4.05. The normalized spacial score (nSPS) is 14.2. The molecule has 1 N–H and O–H groups in total. The van der Waals surface area contributed by atoms with E-state index in [0.717, 1.165) is 23.2 Å². The predicted molar refractivity (Wildman–Crippen MR) is 103 cm³/mol. The molecule has 0 radical (unpaired) electrons. The van der Waals surface area contributed by atoms with Crippen molar-refractivity contribution in [1.29, 1.82) is 0 Å². The van der Waals surface area contributed by atoms with Crippen molar-refractivity contribution in [2.24, 2.45) is 5.10 Å². The van der Waals surface area contributed by atoms with Gasteiger partial charge in [0.1, 0.15) is 17.2 Å². The lowest BCUT2D eigenvalue weighted by Crippen LogP contribution is -2.34. The maximum absolute atomic E-state index is 13.2. The minimum Gasteiger partial charge on any atom is -0.497 e. The summed E-state index contributed by atoms with van der Waals surface area (Å²) in [5, 5.41) is 7.31. The number of amides is 2. The summed E-state index contributed by atoms with van der Waals surface area (Å²) in [4.78, 5) is 24.1. The van der Waals surface area contributed by atoms with E-state index < -0.39 is 17.6 Å². The van der Waals surface area contributed by atoms with Crippen molar-refractivity contribution in [2.75, 3.05) is 19.5 Å². The minimum atomic E-state index is -4.61. The van der Waals surface area contributed by atoms with Crippen molar-refractivity contribution in [1.82, 2.24) is 5.01 Å². The van der Waals surface area contributed by atoms with E-state index in [0.29, 0.717) is 11.5 Å². The highest BCUT2D eigenvalue weighted by molar-refractivity contribution is 6.43. The molecule has 2 amide bonds. The molecule has 0 spiro atoms. The number of carbonyl (C=O) groups excluding carboxylic acids is 2. The minimum absolute atomic E-state index is 0.00504. The number of anilines is 1. The molecular weight excluding hydrogens is 403 g/mol. The SMILES string of the molecule is COc1cccc(Oc2ccc(C(F)(F)F)cc2NC(=O)C2=NN(C)C(=O)CC2)c1. The summed E-state index contributed by atoms with van der Waals surface area (Å²) in [5.41, 5.74) is -1.10. The van der Waals surface area contributed by atoms with E-state index >= 15 is 0 Å². The van der Waals surface area contributed by atoms with Crippen molar-refractivity contribution in [3.8, 4) is 17.2 Å². The number of hydrogen-bond acceptors (Lipinski definition) is 5. The number of rotatable bonds is 5. The monoisotopic (exact) mass is 421 g/mol. The molecule has 0 atom stereocenters. The Morgan fingerprint density at radius 3 is 2.53 bits per heavy atom. The van der Waals surface area contributed by atoms with Crippen LogP contribution in [0.2, 0.25) is 0 Å². The first-order valence-electron chi connectivity index (χ1n) is 8.86. The van der Waals surface area contributed by atoms with Gasteiger partial charge in [0, 0.05) is 26.0 Å². The molecule has 0 aromatic heterocycles. The van der Waals surface area contributed by atoms with Gasteiger partial charge in [-0.05, 0) is 30.3 Å². The van der Waals surface area contributed by atoms with Crippen LogP contribution in [0.15, 0.2) is 47.6 Å². The molecule has 1 heterocycles. The fourth-order valence-corrected chi connectivity index (χ4v) is 2.71. The van der Waals surface area contributed by atoms with Crippen LogP contribution < -0.4 is 14.8 Å². The number of hydrazone groups is 1. The summed E-state index contributed by atoms with van der Waals surface area (Å²) < 4.78 is 50.3. The average molecular weight is 421 g/mol. The lowest BCUT2D eigenvalue weighted by molar-refractivity contribution is -0.137. The number of nitrogens with one attached hydrogen (secondary N) is 1. The largest absolute Gasteiger partial charge is 0.497 e. The average Bonchev–Trinajstić information content (AvgIpc) is 2.70. The fourth-order valence-electron chi connectivity index (χ4n) is 2.71. The molecule has 2 aromatic rings. The topological polar surface area (TPSA) is 80.2 Å². The first kappa shape index (κ1) is 21.2. The Bertz CT molecular complexity index is 1010. The van der Waals surface area contributed by atoms with Crippen LogP contribution in [0.5, 0.6) is 17.2 Å². The fraction of sp³-hybridized carbons (Fsp3) is 0.250. The number of halogens is 3. The van der Waals surface area contributed by atoms with Crippen LogP contribution in [0, 0.1) is 0 Å². The number of benzene rings is 2. The van der Waals surface area contributed by atoms with Crippen LogP contribution in [-0.4, -0.2) is 36.7 Å². The second kappa shape index (κ2) is 8.44. The number of methoxy groups -OCH3 is 1. The lowest BCUT2D eigenvalue weighted by atomic mass is 10.1. The first-order chi connectivity index (χ1) is 14.2. The molecule has 0 unspecified atom stereocenters. The second-order valence-corrected chi connectivity index (χ2v) is 6.41. The number of ether oxygens (including phenoxy) is 2. The molecule has 0 aliphatic carbocycles. The summed E-state index contributed by atoms with van der Waals surface area (Å²) in [7, 11) is 2.87. The van der Waals surface area contributed by atoms with Crippen LogP contribution in [0.3, 0.4) is 0 Å². The molecule has 2 aromatic carbocycles. The summed E-state index contributed by atoms with van der Waals surface area (Å²) in [5.74, 6) is -0.165. The van der Waals surface area contributed by atoms with Gasteiger partial charge in [0.05, 0.1) is 18.4 Å². The Labute approximate surface area is 170 Å². The Balaban J connectivity index is 1.92. The lowest BCUT2D eigenvalue weighted by Gasteiger charge is -2.20. The summed E-state index contributed by atoms with van der Waals surface area (Å²) in [6.07, 6.45) is -4.44. The summed E-state index contributed by atoms with van der Waals surface area (Å²) >= 11 is 0. The third-order valence-electron chi connectivity index (χ3n) is 4.29. The van der Waals surface area contributed by atoms with Gasteiger partial charge >= 0.3 is 6.18 Å². The van der Waals surface area contributed by atoms with Crippen molar-refractivity contribution in [3.05, 3.63) is 48.0 Å². The van der Waals surface area contributed by atoms with E-state index in [1.165, 1.54) is 14.2 Å². The van der Waals surface area contributed by atoms with E-state index in [1.807, 2.05) is 0 Å². The zero-order valence-corrected chi connectivity index (χ0v) is 16.1. The van der Waals surface area contributed by atoms with E-state index in [4.69, 9.17) is 9.47 Å². The quantitative estimate of drug-likeness (QED) is 0.790.